The summed E-state index contributed by atoms with van der Waals surface area (Å²) in [5.41, 5.74) is 0.889. The predicted molar refractivity (Wildman–Crippen MR) is 107 cm³/mol. The molecule has 0 radical (unpaired) electrons. The lowest BCUT2D eigenvalue weighted by Crippen LogP contribution is -2.30. The van der Waals surface area contributed by atoms with Crippen LogP contribution in [0.2, 0.25) is 0 Å². The zero-order valence-electron chi connectivity index (χ0n) is 16.9. The van der Waals surface area contributed by atoms with E-state index in [1.54, 1.807) is 29.8 Å². The molecule has 150 valence electrons. The van der Waals surface area contributed by atoms with Gasteiger partial charge in [0.05, 0.1) is 19.8 Å². The molecule has 0 unspecified atom stereocenters. The highest BCUT2D eigenvalue weighted by Gasteiger charge is 2.18. The smallest absolute Gasteiger partial charge is 0.338 e. The maximum Gasteiger partial charge on any atom is 0.338 e. The van der Waals surface area contributed by atoms with Crippen LogP contribution in [0, 0.1) is 12.8 Å². The number of ether oxygens (including phenoxy) is 2. The van der Waals surface area contributed by atoms with Crippen molar-refractivity contribution in [1.82, 2.24) is 4.57 Å². The molecule has 0 bridgehead atoms. The van der Waals surface area contributed by atoms with Gasteiger partial charge < -0.3 is 19.4 Å². The number of rotatable bonds is 7. The maximum atomic E-state index is 12.8. The average Bonchev–Trinajstić information content (AvgIpc) is 2.66. The summed E-state index contributed by atoms with van der Waals surface area (Å²) in [6.45, 7) is 6.42. The first-order valence-electron chi connectivity index (χ1n) is 9.05. The van der Waals surface area contributed by atoms with E-state index in [1.165, 1.54) is 26.4 Å². The molecule has 0 spiro atoms. The SMILES string of the molecule is COC(=O)c1cc(NC(=O)c2c(C)ccn(CCC(C)C)c2=O)cc(OC)c1. The molecule has 1 heterocycles. The number of pyridine rings is 1. The number of benzene rings is 1. The summed E-state index contributed by atoms with van der Waals surface area (Å²) in [4.78, 5) is 37.4. The Bertz CT molecular complexity index is 931. The van der Waals surface area contributed by atoms with Gasteiger partial charge in [0, 0.05) is 24.5 Å². The number of nitrogens with zero attached hydrogens (tertiary/aromatic N) is 1. The Morgan fingerprint density at radius 3 is 2.50 bits per heavy atom. The molecule has 0 fully saturated rings. The summed E-state index contributed by atoms with van der Waals surface area (Å²) in [7, 11) is 2.73. The number of hydrogen-bond acceptors (Lipinski definition) is 5. The lowest BCUT2D eigenvalue weighted by Gasteiger charge is -2.13. The van der Waals surface area contributed by atoms with Crippen molar-refractivity contribution in [2.45, 2.75) is 33.7 Å². The predicted octanol–water partition coefficient (Wildman–Crippen LogP) is 3.25. The number of carbonyl (C=O) groups excluding carboxylic acids is 2. The molecular weight excluding hydrogens is 360 g/mol. The normalized spacial score (nSPS) is 10.6. The van der Waals surface area contributed by atoms with Crippen molar-refractivity contribution in [2.75, 3.05) is 19.5 Å². The third kappa shape index (κ3) is 5.00. The fourth-order valence-electron chi connectivity index (χ4n) is 2.73. The summed E-state index contributed by atoms with van der Waals surface area (Å²) in [5, 5.41) is 2.69. The molecule has 0 aliphatic heterocycles. The first-order valence-corrected chi connectivity index (χ1v) is 9.05. The summed E-state index contributed by atoms with van der Waals surface area (Å²) < 4.78 is 11.4. The van der Waals surface area contributed by atoms with Crippen LogP contribution in [-0.4, -0.2) is 30.7 Å². The number of amides is 1. The van der Waals surface area contributed by atoms with Crippen LogP contribution in [0.15, 0.2) is 35.3 Å². The minimum Gasteiger partial charge on any atom is -0.497 e. The Labute approximate surface area is 164 Å². The Morgan fingerprint density at radius 1 is 1.18 bits per heavy atom. The third-order valence-corrected chi connectivity index (χ3v) is 4.37. The van der Waals surface area contributed by atoms with Gasteiger partial charge in [-0.1, -0.05) is 13.8 Å². The molecule has 1 amide bonds. The van der Waals surface area contributed by atoms with Gasteiger partial charge in [0.2, 0.25) is 0 Å². The second-order valence-corrected chi connectivity index (χ2v) is 6.95. The molecule has 0 aliphatic carbocycles. The van der Waals surface area contributed by atoms with Gasteiger partial charge in [0.15, 0.2) is 0 Å². The quantitative estimate of drug-likeness (QED) is 0.738. The fraction of sp³-hybridized carbons (Fsp3) is 0.381. The molecular formula is C21H26N2O5. The minimum absolute atomic E-state index is 0.0775. The molecule has 7 nitrogen and oxygen atoms in total. The lowest BCUT2D eigenvalue weighted by atomic mass is 10.1. The third-order valence-electron chi connectivity index (χ3n) is 4.37. The van der Waals surface area contributed by atoms with Crippen LogP contribution < -0.4 is 15.6 Å². The van der Waals surface area contributed by atoms with Crippen LogP contribution in [0.25, 0.3) is 0 Å². The van der Waals surface area contributed by atoms with Gasteiger partial charge >= 0.3 is 5.97 Å². The highest BCUT2D eigenvalue weighted by atomic mass is 16.5. The number of anilines is 1. The van der Waals surface area contributed by atoms with Gasteiger partial charge in [-0.3, -0.25) is 9.59 Å². The standard InChI is InChI=1S/C21H26N2O5/c1-13(2)6-8-23-9-7-14(3)18(20(23)25)19(24)22-16-10-15(21(26)28-5)11-17(12-16)27-4/h7,9-13H,6,8H2,1-5H3,(H,22,24). The zero-order valence-corrected chi connectivity index (χ0v) is 16.9. The first-order chi connectivity index (χ1) is 13.3. The average molecular weight is 386 g/mol. The summed E-state index contributed by atoms with van der Waals surface area (Å²) >= 11 is 0. The molecule has 1 N–H and O–H groups in total. The van der Waals surface area contributed by atoms with E-state index in [-0.39, 0.29) is 16.7 Å². The number of carbonyl (C=O) groups is 2. The second-order valence-electron chi connectivity index (χ2n) is 6.95. The van der Waals surface area contributed by atoms with Crippen LogP contribution >= 0.6 is 0 Å². The number of nitrogens with one attached hydrogen (secondary N) is 1. The molecule has 1 aromatic heterocycles. The van der Waals surface area contributed by atoms with Crippen LogP contribution in [0.3, 0.4) is 0 Å². The van der Waals surface area contributed by atoms with E-state index in [0.717, 1.165) is 6.42 Å². The van der Waals surface area contributed by atoms with Gasteiger partial charge in [0.25, 0.3) is 11.5 Å². The van der Waals surface area contributed by atoms with Crippen molar-refractivity contribution in [2.24, 2.45) is 5.92 Å². The molecule has 28 heavy (non-hydrogen) atoms. The van der Waals surface area contributed by atoms with Crippen LogP contribution in [0.4, 0.5) is 5.69 Å². The first kappa shape index (κ1) is 21.2. The summed E-state index contributed by atoms with van der Waals surface area (Å²) in [6, 6.07) is 6.30. The van der Waals surface area contributed by atoms with E-state index in [4.69, 9.17) is 9.47 Å². The van der Waals surface area contributed by atoms with Gasteiger partial charge in [-0.2, -0.15) is 0 Å². The summed E-state index contributed by atoms with van der Waals surface area (Å²) in [6.07, 6.45) is 2.54. The molecule has 0 aliphatic rings. The van der Waals surface area contributed by atoms with E-state index in [1.807, 2.05) is 0 Å². The van der Waals surface area contributed by atoms with E-state index < -0.39 is 11.9 Å². The number of esters is 1. The van der Waals surface area contributed by atoms with Crippen molar-refractivity contribution in [3.8, 4) is 5.75 Å². The van der Waals surface area contributed by atoms with Gasteiger partial charge in [-0.15, -0.1) is 0 Å². The van der Waals surface area contributed by atoms with Crippen molar-refractivity contribution in [1.29, 1.82) is 0 Å². The van der Waals surface area contributed by atoms with Crippen molar-refractivity contribution in [3.63, 3.8) is 0 Å². The molecule has 0 saturated carbocycles. The topological polar surface area (TPSA) is 86.6 Å². The molecule has 1 aromatic carbocycles. The fourth-order valence-corrected chi connectivity index (χ4v) is 2.73. The van der Waals surface area contributed by atoms with Crippen LogP contribution in [-0.2, 0) is 11.3 Å². The highest BCUT2D eigenvalue weighted by molar-refractivity contribution is 6.05. The zero-order chi connectivity index (χ0) is 20.8. The van der Waals surface area contributed by atoms with E-state index in [9.17, 15) is 14.4 Å². The maximum absolute atomic E-state index is 12.8. The Kier molecular flexibility index (Phi) is 6.98. The number of aryl methyl sites for hydroxylation is 2. The van der Waals surface area contributed by atoms with E-state index >= 15 is 0 Å². The van der Waals surface area contributed by atoms with Gasteiger partial charge in [0.1, 0.15) is 11.3 Å². The monoisotopic (exact) mass is 386 g/mol. The Balaban J connectivity index is 2.36. The largest absolute Gasteiger partial charge is 0.497 e. The molecule has 0 saturated heterocycles. The number of aromatic nitrogens is 1. The number of methoxy groups -OCH3 is 2. The van der Waals surface area contributed by atoms with Gasteiger partial charge in [-0.05, 0) is 43.0 Å². The Hall–Kier alpha value is -3.09. The van der Waals surface area contributed by atoms with E-state index in [0.29, 0.717) is 29.5 Å². The molecule has 2 aromatic rings. The van der Waals surface area contributed by atoms with Crippen LogP contribution in [0.1, 0.15) is 46.5 Å². The minimum atomic E-state index is -0.554. The Morgan fingerprint density at radius 2 is 1.89 bits per heavy atom. The lowest BCUT2D eigenvalue weighted by molar-refractivity contribution is 0.0600. The molecule has 2 rings (SSSR count). The van der Waals surface area contributed by atoms with E-state index in [2.05, 4.69) is 19.2 Å². The molecule has 7 heteroatoms. The second kappa shape index (κ2) is 9.21. The highest BCUT2D eigenvalue weighted by Crippen LogP contribution is 2.22. The van der Waals surface area contributed by atoms with Crippen molar-refractivity contribution in [3.05, 3.63) is 57.5 Å². The van der Waals surface area contributed by atoms with Crippen molar-refractivity contribution >= 4 is 17.6 Å². The summed E-state index contributed by atoms with van der Waals surface area (Å²) in [5.74, 6) is -0.261. The van der Waals surface area contributed by atoms with Gasteiger partial charge in [-0.25, -0.2) is 4.79 Å². The number of hydrogen-bond donors (Lipinski definition) is 1. The van der Waals surface area contributed by atoms with Crippen LogP contribution in [0.5, 0.6) is 5.75 Å². The molecule has 0 atom stereocenters. The van der Waals surface area contributed by atoms with Crippen molar-refractivity contribution < 1.29 is 19.1 Å².